The van der Waals surface area contributed by atoms with Gasteiger partial charge in [0.05, 0.1) is 12.8 Å². The van der Waals surface area contributed by atoms with Gasteiger partial charge in [-0.1, -0.05) is 6.92 Å². The minimum absolute atomic E-state index is 0.184. The summed E-state index contributed by atoms with van der Waals surface area (Å²) < 4.78 is 10.3. The zero-order chi connectivity index (χ0) is 13.1. The van der Waals surface area contributed by atoms with Crippen molar-refractivity contribution >= 4 is 11.7 Å². The van der Waals surface area contributed by atoms with Gasteiger partial charge in [-0.25, -0.2) is 9.78 Å². The first-order chi connectivity index (χ1) is 7.89. The fourth-order valence-electron chi connectivity index (χ4n) is 1.09. The molecular formula is C12H18N2O3. The molecule has 1 aromatic heterocycles. The minimum atomic E-state index is -0.510. The molecule has 0 aliphatic heterocycles. The summed E-state index contributed by atoms with van der Waals surface area (Å²) in [7, 11) is 1.30. The maximum atomic E-state index is 11.3. The lowest BCUT2D eigenvalue weighted by Crippen LogP contribution is -2.28. The molecule has 5 nitrogen and oxygen atoms in total. The van der Waals surface area contributed by atoms with Crippen molar-refractivity contribution in [3.63, 3.8) is 0 Å². The summed E-state index contributed by atoms with van der Waals surface area (Å²) in [5, 5.41) is 0. The number of nitrogens with zero attached hydrogens (tertiary/aromatic N) is 1. The fourth-order valence-corrected chi connectivity index (χ4v) is 1.09. The van der Waals surface area contributed by atoms with Crippen LogP contribution < -0.4 is 10.5 Å². The molecule has 0 aliphatic rings. The molecule has 1 rings (SSSR count). The van der Waals surface area contributed by atoms with E-state index >= 15 is 0 Å². The van der Waals surface area contributed by atoms with E-state index in [1.54, 1.807) is 6.07 Å². The molecule has 0 aliphatic carbocycles. The number of rotatable bonds is 4. The van der Waals surface area contributed by atoms with Gasteiger partial charge >= 0.3 is 5.97 Å². The number of anilines is 1. The van der Waals surface area contributed by atoms with Gasteiger partial charge in [0, 0.05) is 0 Å². The Morgan fingerprint density at radius 3 is 2.65 bits per heavy atom. The smallest absolute Gasteiger partial charge is 0.356 e. The Labute approximate surface area is 101 Å². The Bertz CT molecular complexity index is 416. The van der Waals surface area contributed by atoms with Gasteiger partial charge in [0.15, 0.2) is 5.69 Å². The number of pyridine rings is 1. The predicted molar refractivity (Wildman–Crippen MR) is 65.0 cm³/mol. The summed E-state index contributed by atoms with van der Waals surface area (Å²) in [5.74, 6) is -0.246. The van der Waals surface area contributed by atoms with Crippen LogP contribution in [0.1, 0.15) is 37.7 Å². The number of aromatic nitrogens is 1. The molecule has 94 valence electrons. The number of ether oxygens (including phenoxy) is 2. The summed E-state index contributed by atoms with van der Waals surface area (Å²) in [6, 6.07) is 3.09. The zero-order valence-electron chi connectivity index (χ0n) is 10.6. The molecule has 0 radical (unpaired) electrons. The quantitative estimate of drug-likeness (QED) is 0.812. The van der Waals surface area contributed by atoms with Crippen molar-refractivity contribution in [3.05, 3.63) is 17.8 Å². The van der Waals surface area contributed by atoms with Crippen LogP contribution in [0, 0.1) is 0 Å². The van der Waals surface area contributed by atoms with Gasteiger partial charge in [0.2, 0.25) is 5.88 Å². The Morgan fingerprint density at radius 1 is 1.47 bits per heavy atom. The van der Waals surface area contributed by atoms with Crippen LogP contribution in [0.3, 0.4) is 0 Å². The van der Waals surface area contributed by atoms with Gasteiger partial charge in [-0.2, -0.15) is 0 Å². The number of hydrogen-bond acceptors (Lipinski definition) is 5. The van der Waals surface area contributed by atoms with E-state index in [-0.39, 0.29) is 17.2 Å². The zero-order valence-corrected chi connectivity index (χ0v) is 10.6. The van der Waals surface area contributed by atoms with E-state index in [0.717, 1.165) is 6.42 Å². The van der Waals surface area contributed by atoms with E-state index in [4.69, 9.17) is 10.5 Å². The van der Waals surface area contributed by atoms with E-state index in [1.807, 2.05) is 20.8 Å². The standard InChI is InChI=1S/C12H18N2O3/c1-5-12(2,3)17-10-8(13)6-7-9(14-10)11(15)16-4/h6-7H,5,13H2,1-4H3. The second-order valence-electron chi connectivity index (χ2n) is 4.30. The van der Waals surface area contributed by atoms with Crippen molar-refractivity contribution in [2.45, 2.75) is 32.8 Å². The van der Waals surface area contributed by atoms with Crippen molar-refractivity contribution in [3.8, 4) is 5.88 Å². The van der Waals surface area contributed by atoms with Gasteiger partial charge in [-0.15, -0.1) is 0 Å². The van der Waals surface area contributed by atoms with Crippen LogP contribution in [-0.4, -0.2) is 23.7 Å². The fraction of sp³-hybridized carbons (Fsp3) is 0.500. The second kappa shape index (κ2) is 5.03. The monoisotopic (exact) mass is 238 g/mol. The van der Waals surface area contributed by atoms with E-state index < -0.39 is 5.97 Å². The molecule has 0 saturated heterocycles. The molecule has 0 amide bonds. The van der Waals surface area contributed by atoms with E-state index in [9.17, 15) is 4.79 Å². The van der Waals surface area contributed by atoms with Crippen molar-refractivity contribution in [2.24, 2.45) is 0 Å². The van der Waals surface area contributed by atoms with Crippen LogP contribution in [0.25, 0.3) is 0 Å². The first kappa shape index (κ1) is 13.3. The minimum Gasteiger partial charge on any atom is -0.470 e. The number of carbonyl (C=O) groups excluding carboxylic acids is 1. The number of methoxy groups -OCH3 is 1. The normalized spacial score (nSPS) is 11.1. The SMILES string of the molecule is CCC(C)(C)Oc1nc(C(=O)OC)ccc1N. The number of esters is 1. The molecule has 2 N–H and O–H groups in total. The summed E-state index contributed by atoms with van der Waals surface area (Å²) in [4.78, 5) is 15.4. The third-order valence-electron chi connectivity index (χ3n) is 2.51. The number of nitrogens with two attached hydrogens (primary N) is 1. The molecule has 1 heterocycles. The Kier molecular flexibility index (Phi) is 3.93. The lowest BCUT2D eigenvalue weighted by molar-refractivity contribution is 0.0587. The average molecular weight is 238 g/mol. The van der Waals surface area contributed by atoms with Gasteiger partial charge in [0.25, 0.3) is 0 Å². The van der Waals surface area contributed by atoms with Crippen molar-refractivity contribution < 1.29 is 14.3 Å². The number of hydrogen-bond donors (Lipinski definition) is 1. The third kappa shape index (κ3) is 3.34. The van der Waals surface area contributed by atoms with Gasteiger partial charge < -0.3 is 15.2 Å². The first-order valence-electron chi connectivity index (χ1n) is 5.43. The van der Waals surface area contributed by atoms with E-state index in [2.05, 4.69) is 9.72 Å². The number of carbonyl (C=O) groups is 1. The highest BCUT2D eigenvalue weighted by Crippen LogP contribution is 2.25. The molecule has 0 bridgehead atoms. The second-order valence-corrected chi connectivity index (χ2v) is 4.30. The van der Waals surface area contributed by atoms with Gasteiger partial charge in [-0.05, 0) is 32.4 Å². The van der Waals surface area contributed by atoms with Crippen LogP contribution >= 0.6 is 0 Å². The Morgan fingerprint density at radius 2 is 2.12 bits per heavy atom. The first-order valence-corrected chi connectivity index (χ1v) is 5.43. The average Bonchev–Trinajstić information content (AvgIpc) is 2.30. The van der Waals surface area contributed by atoms with Crippen LogP contribution in [0.15, 0.2) is 12.1 Å². The van der Waals surface area contributed by atoms with Crippen molar-refractivity contribution in [2.75, 3.05) is 12.8 Å². The molecule has 0 aromatic carbocycles. The van der Waals surface area contributed by atoms with Crippen molar-refractivity contribution in [1.82, 2.24) is 4.98 Å². The molecule has 0 spiro atoms. The topological polar surface area (TPSA) is 74.4 Å². The van der Waals surface area contributed by atoms with Crippen LogP contribution in [-0.2, 0) is 4.74 Å². The van der Waals surface area contributed by atoms with Crippen LogP contribution in [0.2, 0.25) is 0 Å². The van der Waals surface area contributed by atoms with Crippen LogP contribution in [0.5, 0.6) is 5.88 Å². The van der Waals surface area contributed by atoms with Gasteiger partial charge in [-0.3, -0.25) is 0 Å². The highest BCUT2D eigenvalue weighted by atomic mass is 16.5. The maximum absolute atomic E-state index is 11.3. The highest BCUT2D eigenvalue weighted by molar-refractivity contribution is 5.87. The summed E-state index contributed by atoms with van der Waals surface area (Å²) in [6.07, 6.45) is 0.802. The summed E-state index contributed by atoms with van der Waals surface area (Å²) in [6.45, 7) is 5.86. The van der Waals surface area contributed by atoms with E-state index in [0.29, 0.717) is 5.69 Å². The lowest BCUT2D eigenvalue weighted by atomic mass is 10.1. The van der Waals surface area contributed by atoms with Crippen LogP contribution in [0.4, 0.5) is 5.69 Å². The molecular weight excluding hydrogens is 220 g/mol. The predicted octanol–water partition coefficient (Wildman–Crippen LogP) is 2.02. The molecule has 0 atom stereocenters. The van der Waals surface area contributed by atoms with E-state index in [1.165, 1.54) is 13.2 Å². The Balaban J connectivity index is 3.03. The van der Waals surface area contributed by atoms with Gasteiger partial charge in [0.1, 0.15) is 5.60 Å². The highest BCUT2D eigenvalue weighted by Gasteiger charge is 2.20. The molecule has 0 fully saturated rings. The molecule has 0 saturated carbocycles. The molecule has 17 heavy (non-hydrogen) atoms. The lowest BCUT2D eigenvalue weighted by Gasteiger charge is -2.24. The summed E-state index contributed by atoms with van der Waals surface area (Å²) in [5.41, 5.74) is 5.96. The summed E-state index contributed by atoms with van der Waals surface area (Å²) >= 11 is 0. The Hall–Kier alpha value is -1.78. The molecule has 5 heteroatoms. The number of nitrogen functional groups attached to an aromatic ring is 1. The maximum Gasteiger partial charge on any atom is 0.356 e. The molecule has 1 aromatic rings. The molecule has 0 unspecified atom stereocenters. The third-order valence-corrected chi connectivity index (χ3v) is 2.51. The largest absolute Gasteiger partial charge is 0.470 e. The van der Waals surface area contributed by atoms with Crippen molar-refractivity contribution in [1.29, 1.82) is 0 Å².